The highest BCUT2D eigenvalue weighted by Gasteiger charge is 2.44. The lowest BCUT2D eigenvalue weighted by Crippen LogP contribution is -2.30. The van der Waals surface area contributed by atoms with Crippen LogP contribution in [0.4, 0.5) is 0 Å². The normalized spacial score (nSPS) is 23.6. The van der Waals surface area contributed by atoms with Crippen LogP contribution < -0.4 is 4.74 Å². The third-order valence-electron chi connectivity index (χ3n) is 5.32. The molecule has 0 radical (unpaired) electrons. The molecule has 28 heavy (non-hydrogen) atoms. The Bertz CT molecular complexity index is 999. The number of thioether (sulfide) groups is 1. The topological polar surface area (TPSA) is 42.6 Å². The van der Waals surface area contributed by atoms with Gasteiger partial charge in [0.05, 0.1) is 18.8 Å². The van der Waals surface area contributed by atoms with Gasteiger partial charge in [0.25, 0.3) is 0 Å². The molecule has 0 bridgehead atoms. The Morgan fingerprint density at radius 1 is 1.07 bits per heavy atom. The highest BCUT2D eigenvalue weighted by atomic mass is 32.2. The summed E-state index contributed by atoms with van der Waals surface area (Å²) in [6, 6.07) is 18.7. The van der Waals surface area contributed by atoms with Gasteiger partial charge in [-0.3, -0.25) is 9.98 Å². The number of ether oxygens (including phenoxy) is 1. The molecule has 1 saturated heterocycles. The van der Waals surface area contributed by atoms with E-state index in [4.69, 9.17) is 9.73 Å². The van der Waals surface area contributed by atoms with Crippen LogP contribution in [0.5, 0.6) is 5.75 Å². The predicted octanol–water partition coefficient (Wildman–Crippen LogP) is 4.47. The van der Waals surface area contributed by atoms with Crippen molar-refractivity contribution in [3.63, 3.8) is 0 Å². The largest absolute Gasteiger partial charge is 0.497 e. The molecule has 6 heteroatoms. The van der Waals surface area contributed by atoms with Gasteiger partial charge in [0.15, 0.2) is 5.17 Å². The van der Waals surface area contributed by atoms with Crippen molar-refractivity contribution in [2.75, 3.05) is 13.7 Å². The van der Waals surface area contributed by atoms with Gasteiger partial charge < -0.3 is 14.2 Å². The minimum atomic E-state index is 0.00287. The summed E-state index contributed by atoms with van der Waals surface area (Å²) in [7, 11) is 1.69. The molecule has 3 aromatic rings. The van der Waals surface area contributed by atoms with Crippen molar-refractivity contribution in [1.82, 2.24) is 14.5 Å². The second-order valence-electron chi connectivity index (χ2n) is 7.14. The maximum atomic E-state index is 5.31. The van der Waals surface area contributed by atoms with Crippen molar-refractivity contribution in [3.8, 4) is 11.4 Å². The molecule has 2 aliphatic rings. The van der Waals surface area contributed by atoms with Crippen LogP contribution in [0.15, 0.2) is 72.0 Å². The second kappa shape index (κ2) is 7.02. The monoisotopic (exact) mass is 390 g/mol. The second-order valence-corrected chi connectivity index (χ2v) is 8.54. The standard InChI is InChI=1S/C22H22N4OS/c1-15-14-26-21(20(24-22(26)28-15)18-6-3-4-12-23-18)19-7-5-13-25(19)16-8-10-17(27-2)11-9-16/h3-13,15,20-21H,14H2,1-2H3/t15-,20+,21+/m0/s1. The molecule has 0 spiro atoms. The Morgan fingerprint density at radius 2 is 1.93 bits per heavy atom. The van der Waals surface area contributed by atoms with E-state index in [2.05, 4.69) is 57.9 Å². The number of amidine groups is 1. The Labute approximate surface area is 169 Å². The molecule has 1 fully saturated rings. The van der Waals surface area contributed by atoms with Crippen LogP contribution in [0.1, 0.15) is 30.4 Å². The number of hydrogen-bond donors (Lipinski definition) is 0. The summed E-state index contributed by atoms with van der Waals surface area (Å²) < 4.78 is 7.57. The minimum absolute atomic E-state index is 0.00287. The first kappa shape index (κ1) is 17.4. The zero-order chi connectivity index (χ0) is 19.1. The first-order valence-electron chi connectivity index (χ1n) is 9.48. The maximum absolute atomic E-state index is 5.31. The van der Waals surface area contributed by atoms with Crippen LogP contribution in [0.25, 0.3) is 5.69 Å². The molecule has 4 heterocycles. The number of nitrogens with zero attached hydrogens (tertiary/aromatic N) is 4. The van der Waals surface area contributed by atoms with Gasteiger partial charge in [-0.2, -0.15) is 0 Å². The zero-order valence-electron chi connectivity index (χ0n) is 15.9. The fourth-order valence-electron chi connectivity index (χ4n) is 4.05. The lowest BCUT2D eigenvalue weighted by Gasteiger charge is -2.28. The lowest BCUT2D eigenvalue weighted by molar-refractivity contribution is 0.312. The summed E-state index contributed by atoms with van der Waals surface area (Å²) >= 11 is 1.86. The lowest BCUT2D eigenvalue weighted by atomic mass is 10.0. The number of aliphatic imine (C=N–C) groups is 1. The van der Waals surface area contributed by atoms with E-state index in [0.717, 1.165) is 28.8 Å². The molecule has 5 rings (SSSR count). The molecular formula is C22H22N4OS. The quantitative estimate of drug-likeness (QED) is 0.659. The Kier molecular flexibility index (Phi) is 4.36. The highest BCUT2D eigenvalue weighted by molar-refractivity contribution is 8.14. The van der Waals surface area contributed by atoms with E-state index in [0.29, 0.717) is 5.25 Å². The van der Waals surface area contributed by atoms with Crippen LogP contribution in [0, 0.1) is 0 Å². The average molecular weight is 391 g/mol. The number of pyridine rings is 1. The molecular weight excluding hydrogens is 368 g/mol. The van der Waals surface area contributed by atoms with E-state index < -0.39 is 0 Å². The maximum Gasteiger partial charge on any atom is 0.160 e. The Morgan fingerprint density at radius 3 is 2.68 bits per heavy atom. The van der Waals surface area contributed by atoms with Crippen molar-refractivity contribution in [1.29, 1.82) is 0 Å². The summed E-state index contributed by atoms with van der Waals surface area (Å²) in [5, 5.41) is 1.69. The van der Waals surface area contributed by atoms with E-state index in [9.17, 15) is 0 Å². The van der Waals surface area contributed by atoms with Crippen LogP contribution >= 0.6 is 11.8 Å². The van der Waals surface area contributed by atoms with Gasteiger partial charge in [0, 0.05) is 35.6 Å². The highest BCUT2D eigenvalue weighted by Crippen LogP contribution is 2.47. The molecule has 0 N–H and O–H groups in total. The third kappa shape index (κ3) is 2.88. The van der Waals surface area contributed by atoms with Crippen LogP contribution in [-0.2, 0) is 0 Å². The summed E-state index contributed by atoms with van der Waals surface area (Å²) in [5.74, 6) is 0.861. The van der Waals surface area contributed by atoms with E-state index in [1.807, 2.05) is 42.2 Å². The van der Waals surface area contributed by atoms with Gasteiger partial charge >= 0.3 is 0 Å². The van der Waals surface area contributed by atoms with Crippen molar-refractivity contribution in [2.45, 2.75) is 24.3 Å². The molecule has 5 nitrogen and oxygen atoms in total. The zero-order valence-corrected chi connectivity index (χ0v) is 16.7. The number of methoxy groups -OCH3 is 1. The molecule has 142 valence electrons. The summed E-state index contributed by atoms with van der Waals surface area (Å²) in [4.78, 5) is 12.2. The molecule has 0 aliphatic carbocycles. The fourth-order valence-corrected chi connectivity index (χ4v) is 5.14. The van der Waals surface area contributed by atoms with E-state index in [-0.39, 0.29) is 12.1 Å². The number of fused-ring (bicyclic) bond motifs is 1. The van der Waals surface area contributed by atoms with Gasteiger partial charge in [-0.15, -0.1) is 0 Å². The predicted molar refractivity (Wildman–Crippen MR) is 113 cm³/mol. The van der Waals surface area contributed by atoms with Crippen molar-refractivity contribution < 1.29 is 4.74 Å². The molecule has 0 saturated carbocycles. The summed E-state index contributed by atoms with van der Waals surface area (Å²) in [6.45, 7) is 3.27. The van der Waals surface area contributed by atoms with E-state index in [1.54, 1.807) is 7.11 Å². The van der Waals surface area contributed by atoms with Crippen molar-refractivity contribution in [2.24, 2.45) is 4.99 Å². The Balaban J connectivity index is 1.58. The van der Waals surface area contributed by atoms with Gasteiger partial charge in [0.2, 0.25) is 0 Å². The molecule has 0 unspecified atom stereocenters. The molecule has 0 amide bonds. The SMILES string of the molecule is COc1ccc(-n2cccc2[C@@H]2[C@@H](c3ccccn3)N=C3S[C@@H](C)CN32)cc1. The molecule has 1 aromatic carbocycles. The average Bonchev–Trinajstić information content (AvgIpc) is 3.42. The summed E-state index contributed by atoms with van der Waals surface area (Å²) in [6.07, 6.45) is 3.98. The smallest absolute Gasteiger partial charge is 0.160 e. The Hall–Kier alpha value is -2.73. The van der Waals surface area contributed by atoms with Gasteiger partial charge in [-0.05, 0) is 48.5 Å². The van der Waals surface area contributed by atoms with Gasteiger partial charge in [0.1, 0.15) is 11.8 Å². The first-order valence-corrected chi connectivity index (χ1v) is 10.4. The fraction of sp³-hybridized carbons (Fsp3) is 0.273. The number of rotatable bonds is 4. The minimum Gasteiger partial charge on any atom is -0.497 e. The number of hydrogen-bond acceptors (Lipinski definition) is 5. The van der Waals surface area contributed by atoms with E-state index in [1.165, 1.54) is 5.69 Å². The van der Waals surface area contributed by atoms with Crippen molar-refractivity contribution >= 4 is 16.9 Å². The molecule has 2 aromatic heterocycles. The van der Waals surface area contributed by atoms with Crippen LogP contribution in [0.2, 0.25) is 0 Å². The number of aromatic nitrogens is 2. The number of benzene rings is 1. The molecule has 2 aliphatic heterocycles. The summed E-state index contributed by atoms with van der Waals surface area (Å²) in [5.41, 5.74) is 3.37. The third-order valence-corrected chi connectivity index (χ3v) is 6.42. The van der Waals surface area contributed by atoms with Crippen LogP contribution in [0.3, 0.4) is 0 Å². The van der Waals surface area contributed by atoms with E-state index >= 15 is 0 Å². The van der Waals surface area contributed by atoms with Crippen molar-refractivity contribution in [3.05, 3.63) is 78.4 Å². The van der Waals surface area contributed by atoms with Gasteiger partial charge in [-0.1, -0.05) is 24.8 Å². The molecule has 3 atom stereocenters. The first-order chi connectivity index (χ1) is 13.7. The van der Waals surface area contributed by atoms with Crippen LogP contribution in [-0.4, -0.2) is 38.5 Å². The van der Waals surface area contributed by atoms with Gasteiger partial charge in [-0.25, -0.2) is 0 Å².